The molecule has 1 saturated heterocycles. The monoisotopic (exact) mass is 420 g/mol. The van der Waals surface area contributed by atoms with Crippen LogP contribution in [0.3, 0.4) is 0 Å². The van der Waals surface area contributed by atoms with Crippen LogP contribution in [0.1, 0.15) is 0 Å². The Bertz CT molecular complexity index is 736. The number of ether oxygens (including phenoxy) is 1. The fourth-order valence-electron chi connectivity index (χ4n) is 1.69. The molecule has 0 aromatic rings. The average molecular weight is 420 g/mol. The molecule has 1 rings (SSSR count). The second-order valence-corrected chi connectivity index (χ2v) is 7.43. The van der Waals surface area contributed by atoms with Gasteiger partial charge in [0.25, 0.3) is 0 Å². The second kappa shape index (κ2) is 7.39. The maximum absolute atomic E-state index is 10.8. The minimum absolute atomic E-state index is 1.17. The standard InChI is InChI=1S/C6H12O15S3/c7-3-2(1-18-22(9,10)11)19-6(8)5(21-24(15,16)17)4(3)20-23(12,13)14/h2-8H,1H2,(H,9,10,11)(H,12,13,14)(H,15,16,17)/t2-,3-,4+,5-,6-/m1/s1. The van der Waals surface area contributed by atoms with Crippen molar-refractivity contribution in [3.05, 3.63) is 0 Å². The Kier molecular flexibility index (Phi) is 6.63. The minimum atomic E-state index is -5.33. The first kappa shape index (κ1) is 21.5. The van der Waals surface area contributed by atoms with E-state index in [4.69, 9.17) is 13.7 Å². The average Bonchev–Trinajstić information content (AvgIpc) is 2.32. The molecule has 15 nitrogen and oxygen atoms in total. The maximum atomic E-state index is 10.8. The molecule has 0 aromatic heterocycles. The van der Waals surface area contributed by atoms with Gasteiger partial charge in [-0.15, -0.1) is 0 Å². The zero-order chi connectivity index (χ0) is 18.9. The lowest BCUT2D eigenvalue weighted by atomic mass is 9.99. The summed E-state index contributed by atoms with van der Waals surface area (Å²) in [6.07, 6.45) is -11.3. The number of aliphatic hydroxyl groups excluding tert-OH is 2. The second-order valence-electron chi connectivity index (χ2n) is 4.25. The van der Waals surface area contributed by atoms with Crippen LogP contribution in [-0.2, 0) is 48.5 Å². The van der Waals surface area contributed by atoms with E-state index in [1.54, 1.807) is 0 Å². The normalized spacial score (nSPS) is 32.6. The first-order valence-corrected chi connectivity index (χ1v) is 9.63. The van der Waals surface area contributed by atoms with Gasteiger partial charge >= 0.3 is 31.2 Å². The molecule has 0 spiro atoms. The van der Waals surface area contributed by atoms with Gasteiger partial charge in [-0.25, -0.2) is 12.5 Å². The third-order valence-corrected chi connectivity index (χ3v) is 3.85. The Morgan fingerprint density at radius 3 is 1.67 bits per heavy atom. The van der Waals surface area contributed by atoms with E-state index in [1.165, 1.54) is 0 Å². The van der Waals surface area contributed by atoms with Crippen LogP contribution in [0.5, 0.6) is 0 Å². The lowest BCUT2D eigenvalue weighted by molar-refractivity contribution is -0.275. The summed E-state index contributed by atoms with van der Waals surface area (Å²) >= 11 is 0. The summed E-state index contributed by atoms with van der Waals surface area (Å²) in [5.74, 6) is 0. The lowest BCUT2D eigenvalue weighted by Gasteiger charge is -2.40. The topological polar surface area (TPSA) is 240 Å². The predicted molar refractivity (Wildman–Crippen MR) is 67.2 cm³/mol. The van der Waals surface area contributed by atoms with Gasteiger partial charge in [-0.3, -0.25) is 13.7 Å². The molecule has 5 atom stereocenters. The summed E-state index contributed by atoms with van der Waals surface area (Å²) in [7, 11) is -15.6. The molecular formula is C6H12O15S3. The number of hydrogen-bond acceptors (Lipinski definition) is 12. The Morgan fingerprint density at radius 1 is 0.792 bits per heavy atom. The molecule has 1 aliphatic rings. The zero-order valence-electron chi connectivity index (χ0n) is 11.1. The fraction of sp³-hybridized carbons (Fsp3) is 1.00. The molecule has 0 saturated carbocycles. The molecule has 0 aliphatic carbocycles. The Balaban J connectivity index is 3.08. The van der Waals surface area contributed by atoms with E-state index >= 15 is 0 Å². The third-order valence-electron chi connectivity index (χ3n) is 2.48. The number of aliphatic hydroxyl groups is 2. The van der Waals surface area contributed by atoms with Crippen molar-refractivity contribution in [2.24, 2.45) is 0 Å². The van der Waals surface area contributed by atoms with Gasteiger partial charge in [0.15, 0.2) is 12.4 Å². The smallest absolute Gasteiger partial charge is 0.387 e. The van der Waals surface area contributed by atoms with E-state index in [0.29, 0.717) is 0 Å². The van der Waals surface area contributed by atoms with E-state index in [-0.39, 0.29) is 0 Å². The third kappa shape index (κ3) is 7.16. The van der Waals surface area contributed by atoms with E-state index in [1.807, 2.05) is 0 Å². The van der Waals surface area contributed by atoms with Crippen molar-refractivity contribution in [1.29, 1.82) is 0 Å². The first-order valence-electron chi connectivity index (χ1n) is 5.54. The molecule has 5 N–H and O–H groups in total. The van der Waals surface area contributed by atoms with Gasteiger partial charge in [0.1, 0.15) is 18.3 Å². The highest BCUT2D eigenvalue weighted by Crippen LogP contribution is 2.27. The van der Waals surface area contributed by atoms with E-state index in [0.717, 1.165) is 0 Å². The summed E-state index contributed by atoms with van der Waals surface area (Å²) in [5.41, 5.74) is 0. The van der Waals surface area contributed by atoms with Gasteiger partial charge in [0.05, 0.1) is 6.61 Å². The Labute approximate surface area is 135 Å². The van der Waals surface area contributed by atoms with E-state index in [2.05, 4.69) is 17.3 Å². The molecule has 1 fully saturated rings. The van der Waals surface area contributed by atoms with E-state index < -0.39 is 68.5 Å². The van der Waals surface area contributed by atoms with Crippen molar-refractivity contribution in [2.45, 2.75) is 30.7 Å². The van der Waals surface area contributed by atoms with Gasteiger partial charge in [-0.2, -0.15) is 25.3 Å². The Morgan fingerprint density at radius 2 is 1.25 bits per heavy atom. The molecular weight excluding hydrogens is 408 g/mol. The quantitative estimate of drug-likeness (QED) is 0.248. The van der Waals surface area contributed by atoms with Gasteiger partial charge in [-0.1, -0.05) is 0 Å². The minimum Gasteiger partial charge on any atom is -0.387 e. The van der Waals surface area contributed by atoms with Crippen LogP contribution in [0.15, 0.2) is 0 Å². The van der Waals surface area contributed by atoms with Crippen LogP contribution < -0.4 is 0 Å². The lowest BCUT2D eigenvalue weighted by Crippen LogP contribution is -2.61. The van der Waals surface area contributed by atoms with Crippen LogP contribution in [-0.4, -0.2) is 86.4 Å². The molecule has 1 heterocycles. The fourth-order valence-corrected chi connectivity index (χ4v) is 2.99. The SMILES string of the molecule is O=S(=O)(O)OC[C@H]1O[C@@H](O)[C@H](OS(=O)(=O)O)[C@@H](OS(=O)(=O)O)[C@@H]1O. The highest BCUT2D eigenvalue weighted by molar-refractivity contribution is 7.81. The van der Waals surface area contributed by atoms with Gasteiger partial charge in [0.2, 0.25) is 0 Å². The summed E-state index contributed by atoms with van der Waals surface area (Å²) in [6.45, 7) is -1.17. The van der Waals surface area contributed by atoms with Crippen molar-refractivity contribution in [3.8, 4) is 0 Å². The number of hydrogen-bond donors (Lipinski definition) is 5. The van der Waals surface area contributed by atoms with Crippen molar-refractivity contribution < 1.29 is 66.4 Å². The van der Waals surface area contributed by atoms with Gasteiger partial charge in [-0.05, 0) is 0 Å². The van der Waals surface area contributed by atoms with Gasteiger partial charge in [0, 0.05) is 0 Å². The molecule has 1 aliphatic heterocycles. The number of rotatable bonds is 7. The van der Waals surface area contributed by atoms with Crippen LogP contribution >= 0.6 is 0 Å². The Hall–Kier alpha value is -0.510. The summed E-state index contributed by atoms with van der Waals surface area (Å²) in [4.78, 5) is 0. The van der Waals surface area contributed by atoms with Crippen molar-refractivity contribution in [2.75, 3.05) is 6.61 Å². The summed E-state index contributed by atoms with van der Waals surface area (Å²) in [6, 6.07) is 0. The molecule has 0 bridgehead atoms. The summed E-state index contributed by atoms with van der Waals surface area (Å²) < 4.78 is 106. The van der Waals surface area contributed by atoms with Crippen molar-refractivity contribution in [1.82, 2.24) is 0 Å². The molecule has 0 unspecified atom stereocenters. The molecule has 24 heavy (non-hydrogen) atoms. The molecule has 144 valence electrons. The van der Waals surface area contributed by atoms with E-state index in [9.17, 15) is 35.5 Å². The van der Waals surface area contributed by atoms with Crippen LogP contribution in [0.2, 0.25) is 0 Å². The zero-order valence-corrected chi connectivity index (χ0v) is 13.6. The first-order chi connectivity index (χ1) is 10.6. The maximum Gasteiger partial charge on any atom is 0.397 e. The van der Waals surface area contributed by atoms with Crippen LogP contribution in [0.25, 0.3) is 0 Å². The molecule has 18 heteroatoms. The highest BCUT2D eigenvalue weighted by atomic mass is 32.3. The molecule has 0 amide bonds. The van der Waals surface area contributed by atoms with Gasteiger partial charge < -0.3 is 14.9 Å². The highest BCUT2D eigenvalue weighted by Gasteiger charge is 2.50. The van der Waals surface area contributed by atoms with Crippen LogP contribution in [0, 0.1) is 0 Å². The largest absolute Gasteiger partial charge is 0.397 e. The summed E-state index contributed by atoms with van der Waals surface area (Å²) in [5, 5.41) is 19.4. The van der Waals surface area contributed by atoms with Crippen molar-refractivity contribution in [3.63, 3.8) is 0 Å². The molecule has 0 aromatic carbocycles. The molecule has 0 radical (unpaired) electrons. The predicted octanol–water partition coefficient (Wildman–Crippen LogP) is -3.74. The van der Waals surface area contributed by atoms with Crippen LogP contribution in [0.4, 0.5) is 0 Å². The van der Waals surface area contributed by atoms with Crippen molar-refractivity contribution >= 4 is 31.2 Å².